The minimum atomic E-state index is -1.05. The zero-order valence-electron chi connectivity index (χ0n) is 24.5. The first-order valence-corrected chi connectivity index (χ1v) is 13.5. The first kappa shape index (κ1) is 30.9. The highest BCUT2D eigenvalue weighted by Gasteiger charge is 2.43. The van der Waals surface area contributed by atoms with Crippen molar-refractivity contribution < 1.29 is 37.7 Å². The van der Waals surface area contributed by atoms with Crippen molar-refractivity contribution in [3.8, 4) is 11.8 Å². The predicted molar refractivity (Wildman–Crippen MR) is 153 cm³/mol. The molecule has 1 saturated heterocycles. The maximum absolute atomic E-state index is 15.5. The van der Waals surface area contributed by atoms with Crippen LogP contribution in [0.25, 0.3) is 0 Å². The minimum absolute atomic E-state index is 0.0326. The molecule has 4 rings (SSSR count). The number of ether oxygens (including phenoxy) is 4. The maximum Gasteiger partial charge on any atom is 0.410 e. The molecule has 0 saturated carbocycles. The predicted octanol–water partition coefficient (Wildman–Crippen LogP) is 4.11. The van der Waals surface area contributed by atoms with Crippen LogP contribution in [0.3, 0.4) is 0 Å². The van der Waals surface area contributed by atoms with E-state index in [4.69, 9.17) is 24.7 Å². The van der Waals surface area contributed by atoms with Gasteiger partial charge in [0.05, 0.1) is 49.6 Å². The third-order valence-corrected chi connectivity index (χ3v) is 6.87. The minimum Gasteiger partial charge on any atom is -0.485 e. The van der Waals surface area contributed by atoms with Crippen molar-refractivity contribution in [2.45, 2.75) is 44.8 Å². The van der Waals surface area contributed by atoms with Crippen LogP contribution in [-0.4, -0.2) is 61.9 Å². The second kappa shape index (κ2) is 12.4. The second-order valence-corrected chi connectivity index (χ2v) is 10.9. The van der Waals surface area contributed by atoms with Crippen LogP contribution >= 0.6 is 0 Å². The van der Waals surface area contributed by atoms with E-state index in [-0.39, 0.29) is 40.6 Å². The topological polar surface area (TPSA) is 144 Å². The van der Waals surface area contributed by atoms with Gasteiger partial charge in [-0.05, 0) is 38.5 Å². The summed E-state index contributed by atoms with van der Waals surface area (Å²) >= 11 is 0. The normalized spacial score (nSPS) is 18.7. The summed E-state index contributed by atoms with van der Waals surface area (Å²) in [5.74, 6) is -3.98. The molecule has 0 radical (unpaired) electrons. The fraction of sp³-hybridized carbons (Fsp3) is 0.355. The lowest BCUT2D eigenvalue weighted by molar-refractivity contribution is -0.139. The van der Waals surface area contributed by atoms with Gasteiger partial charge in [-0.1, -0.05) is 30.3 Å². The number of benzene rings is 2. The van der Waals surface area contributed by atoms with Crippen molar-refractivity contribution in [3.63, 3.8) is 0 Å². The molecule has 2 N–H and O–H groups in total. The molecular weight excluding hydrogens is 559 g/mol. The number of carbonyl (C=O) groups is 3. The fourth-order valence-electron chi connectivity index (χ4n) is 5.00. The maximum atomic E-state index is 15.5. The Labute approximate surface area is 248 Å². The summed E-state index contributed by atoms with van der Waals surface area (Å²) in [6.45, 7) is 5.91. The number of hydrogen-bond donors (Lipinski definition) is 1. The van der Waals surface area contributed by atoms with Gasteiger partial charge in [0.2, 0.25) is 0 Å². The summed E-state index contributed by atoms with van der Waals surface area (Å²) in [5.41, 5.74) is 5.80. The lowest BCUT2D eigenvalue weighted by atomic mass is 9.81. The summed E-state index contributed by atoms with van der Waals surface area (Å²) in [6, 6.07) is 14.4. The number of esters is 2. The van der Waals surface area contributed by atoms with Crippen LogP contribution in [0.1, 0.15) is 38.7 Å². The van der Waals surface area contributed by atoms with Crippen LogP contribution in [0.15, 0.2) is 71.2 Å². The molecule has 0 aliphatic carbocycles. The highest BCUT2D eigenvalue weighted by atomic mass is 19.1. The van der Waals surface area contributed by atoms with Gasteiger partial charge in [0, 0.05) is 19.0 Å². The number of methoxy groups -OCH3 is 2. The first-order chi connectivity index (χ1) is 20.4. The van der Waals surface area contributed by atoms with Crippen molar-refractivity contribution in [1.29, 1.82) is 5.26 Å². The zero-order valence-corrected chi connectivity index (χ0v) is 24.5. The van der Waals surface area contributed by atoms with Crippen LogP contribution in [0.4, 0.5) is 14.9 Å². The SMILES string of the molecule is COC(=O)C1=C(C(=O)OC)N(c2ccc(OC3CCN(C(=O)OC(C)(C)C)C3)c(F)c2)C(N)=C(C#N)C1c1ccccc1. The number of amides is 1. The average molecular weight is 593 g/mol. The van der Waals surface area contributed by atoms with E-state index < -0.39 is 41.5 Å². The number of halogens is 1. The van der Waals surface area contributed by atoms with Gasteiger partial charge in [0.15, 0.2) is 11.6 Å². The largest absolute Gasteiger partial charge is 0.485 e. The number of allylic oxidation sites excluding steroid dienone is 1. The van der Waals surface area contributed by atoms with Crippen molar-refractivity contribution in [2.75, 3.05) is 32.2 Å². The van der Waals surface area contributed by atoms with Crippen molar-refractivity contribution in [3.05, 3.63) is 82.6 Å². The van der Waals surface area contributed by atoms with Gasteiger partial charge in [-0.15, -0.1) is 0 Å². The molecule has 2 aromatic rings. The number of carbonyl (C=O) groups excluding carboxylic acids is 3. The van der Waals surface area contributed by atoms with E-state index in [1.165, 1.54) is 17.0 Å². The van der Waals surface area contributed by atoms with Crippen LogP contribution in [0.2, 0.25) is 0 Å². The lowest BCUT2D eigenvalue weighted by Crippen LogP contribution is -2.40. The number of likely N-dealkylation sites (tertiary alicyclic amines) is 1. The van der Waals surface area contributed by atoms with Gasteiger partial charge in [-0.3, -0.25) is 4.90 Å². The third kappa shape index (κ3) is 6.40. The number of nitrogens with two attached hydrogens (primary N) is 1. The highest BCUT2D eigenvalue weighted by Crippen LogP contribution is 2.43. The van der Waals surface area contributed by atoms with Crippen LogP contribution < -0.4 is 15.4 Å². The number of rotatable bonds is 6. The molecule has 0 aromatic heterocycles. The zero-order chi connectivity index (χ0) is 31.5. The number of anilines is 1. The second-order valence-electron chi connectivity index (χ2n) is 10.9. The smallest absolute Gasteiger partial charge is 0.410 e. The summed E-state index contributed by atoms with van der Waals surface area (Å²) in [4.78, 5) is 41.4. The summed E-state index contributed by atoms with van der Waals surface area (Å²) in [6.07, 6.45) is -0.500. The Bertz CT molecular complexity index is 1520. The molecule has 1 amide bonds. The standard InChI is InChI=1S/C31H33FN4O7/c1-31(2,3)43-30(39)35-14-13-20(17-35)42-23-12-11-19(15-22(23)32)36-26(29(38)41-5)25(28(37)40-4)24(21(16-33)27(36)34)18-9-7-6-8-10-18/h6-12,15,20,24H,13-14,17,34H2,1-5H3. The van der Waals surface area contributed by atoms with Crippen LogP contribution in [-0.2, 0) is 23.8 Å². The summed E-state index contributed by atoms with van der Waals surface area (Å²) in [7, 11) is 2.27. The fourth-order valence-corrected chi connectivity index (χ4v) is 5.00. The van der Waals surface area contributed by atoms with Gasteiger partial charge in [-0.2, -0.15) is 5.26 Å². The Morgan fingerprint density at radius 2 is 1.72 bits per heavy atom. The molecule has 2 atom stereocenters. The van der Waals surface area contributed by atoms with Gasteiger partial charge < -0.3 is 29.6 Å². The van der Waals surface area contributed by atoms with Gasteiger partial charge in [0.25, 0.3) is 0 Å². The molecule has 2 aliphatic rings. The Hall–Kier alpha value is -5.05. The number of nitrogens with zero attached hydrogens (tertiary/aromatic N) is 3. The van der Waals surface area contributed by atoms with Crippen molar-refractivity contribution in [1.82, 2.24) is 4.90 Å². The van der Waals surface area contributed by atoms with E-state index in [2.05, 4.69) is 0 Å². The first-order valence-electron chi connectivity index (χ1n) is 13.5. The quantitative estimate of drug-likeness (QED) is 0.384. The van der Waals surface area contributed by atoms with E-state index in [1.807, 2.05) is 6.07 Å². The Balaban J connectivity index is 1.72. The highest BCUT2D eigenvalue weighted by molar-refractivity contribution is 6.06. The molecule has 1 fully saturated rings. The van der Waals surface area contributed by atoms with Crippen molar-refractivity contribution in [2.24, 2.45) is 5.73 Å². The molecule has 2 heterocycles. The molecular formula is C31H33FN4O7. The third-order valence-electron chi connectivity index (χ3n) is 6.87. The van der Waals surface area contributed by atoms with E-state index in [0.29, 0.717) is 18.5 Å². The monoisotopic (exact) mass is 592 g/mol. The van der Waals surface area contributed by atoms with Crippen molar-refractivity contribution >= 4 is 23.7 Å². The molecule has 2 unspecified atom stereocenters. The number of nitriles is 1. The lowest BCUT2D eigenvalue weighted by Gasteiger charge is -2.36. The molecule has 11 nitrogen and oxygen atoms in total. The molecule has 12 heteroatoms. The van der Waals surface area contributed by atoms with Crippen LogP contribution in [0, 0.1) is 17.1 Å². The molecule has 43 heavy (non-hydrogen) atoms. The van der Waals surface area contributed by atoms with E-state index >= 15 is 4.39 Å². The molecule has 2 aliphatic heterocycles. The molecule has 2 aromatic carbocycles. The van der Waals surface area contributed by atoms with Gasteiger partial charge in [0.1, 0.15) is 23.2 Å². The Morgan fingerprint density at radius 1 is 1.05 bits per heavy atom. The summed E-state index contributed by atoms with van der Waals surface area (Å²) in [5, 5.41) is 10.2. The Kier molecular flexibility index (Phi) is 8.94. The van der Waals surface area contributed by atoms with Crippen LogP contribution in [0.5, 0.6) is 5.75 Å². The Morgan fingerprint density at radius 3 is 2.30 bits per heavy atom. The van der Waals surface area contributed by atoms with Gasteiger partial charge in [-0.25, -0.2) is 18.8 Å². The molecule has 0 bridgehead atoms. The number of hydrogen-bond acceptors (Lipinski definition) is 10. The van der Waals surface area contributed by atoms with Gasteiger partial charge >= 0.3 is 18.0 Å². The molecule has 0 spiro atoms. The average Bonchev–Trinajstić information content (AvgIpc) is 3.45. The molecule has 226 valence electrons. The van der Waals surface area contributed by atoms with E-state index in [1.54, 1.807) is 51.1 Å². The summed E-state index contributed by atoms with van der Waals surface area (Å²) < 4.78 is 36.8. The van der Waals surface area contributed by atoms with E-state index in [9.17, 15) is 19.6 Å². The van der Waals surface area contributed by atoms with E-state index in [0.717, 1.165) is 25.2 Å².